The Kier molecular flexibility index (Phi) is 4.46. The molecule has 1 aliphatic rings. The van der Waals surface area contributed by atoms with Gasteiger partial charge in [0.15, 0.2) is 0 Å². The molecule has 1 aromatic heterocycles. The SMILES string of the molecule is CC(C)(C)c1ccc(N2CCC(CCN)CC2)nc1. The van der Waals surface area contributed by atoms with E-state index in [1.807, 2.05) is 6.20 Å². The van der Waals surface area contributed by atoms with Gasteiger partial charge in [-0.15, -0.1) is 0 Å². The van der Waals surface area contributed by atoms with Crippen molar-refractivity contribution in [1.29, 1.82) is 0 Å². The molecule has 19 heavy (non-hydrogen) atoms. The number of hydrogen-bond acceptors (Lipinski definition) is 3. The largest absolute Gasteiger partial charge is 0.357 e. The van der Waals surface area contributed by atoms with Crippen LogP contribution in [0.4, 0.5) is 5.82 Å². The predicted octanol–water partition coefficient (Wildman–Crippen LogP) is 2.94. The number of rotatable bonds is 3. The van der Waals surface area contributed by atoms with Gasteiger partial charge in [-0.3, -0.25) is 0 Å². The van der Waals surface area contributed by atoms with E-state index in [2.05, 4.69) is 42.8 Å². The first kappa shape index (κ1) is 14.3. The van der Waals surface area contributed by atoms with Gasteiger partial charge in [-0.25, -0.2) is 4.98 Å². The molecule has 0 bridgehead atoms. The summed E-state index contributed by atoms with van der Waals surface area (Å²) in [4.78, 5) is 7.04. The van der Waals surface area contributed by atoms with Gasteiger partial charge in [-0.05, 0) is 48.8 Å². The van der Waals surface area contributed by atoms with E-state index in [0.29, 0.717) is 0 Å². The zero-order chi connectivity index (χ0) is 13.9. The normalized spacial score (nSPS) is 17.8. The Bertz CT molecular complexity index is 383. The lowest BCUT2D eigenvalue weighted by Gasteiger charge is -2.33. The molecule has 3 nitrogen and oxygen atoms in total. The molecular formula is C16H27N3. The second-order valence-corrected chi connectivity index (χ2v) is 6.66. The lowest BCUT2D eigenvalue weighted by atomic mass is 9.88. The minimum atomic E-state index is 0.180. The van der Waals surface area contributed by atoms with E-state index in [9.17, 15) is 0 Å². The molecule has 1 fully saturated rings. The number of nitrogens with zero attached hydrogens (tertiary/aromatic N) is 2. The van der Waals surface area contributed by atoms with Crippen molar-refractivity contribution in [1.82, 2.24) is 4.98 Å². The first-order valence-corrected chi connectivity index (χ1v) is 7.42. The van der Waals surface area contributed by atoms with Crippen LogP contribution in [0.15, 0.2) is 18.3 Å². The van der Waals surface area contributed by atoms with E-state index in [1.54, 1.807) is 0 Å². The van der Waals surface area contributed by atoms with Crippen LogP contribution in [-0.2, 0) is 5.41 Å². The molecular weight excluding hydrogens is 234 g/mol. The molecule has 1 aliphatic heterocycles. The maximum absolute atomic E-state index is 5.64. The van der Waals surface area contributed by atoms with Gasteiger partial charge in [0.2, 0.25) is 0 Å². The number of nitrogens with two attached hydrogens (primary N) is 1. The molecule has 0 saturated carbocycles. The zero-order valence-electron chi connectivity index (χ0n) is 12.5. The van der Waals surface area contributed by atoms with E-state index in [4.69, 9.17) is 5.73 Å². The van der Waals surface area contributed by atoms with E-state index >= 15 is 0 Å². The molecule has 2 N–H and O–H groups in total. The Morgan fingerprint density at radius 2 is 1.95 bits per heavy atom. The highest BCUT2D eigenvalue weighted by molar-refractivity contribution is 5.40. The van der Waals surface area contributed by atoms with Crippen LogP contribution in [0, 0.1) is 5.92 Å². The second-order valence-electron chi connectivity index (χ2n) is 6.66. The highest BCUT2D eigenvalue weighted by Crippen LogP contribution is 2.26. The van der Waals surface area contributed by atoms with Gasteiger partial charge < -0.3 is 10.6 Å². The van der Waals surface area contributed by atoms with Crippen molar-refractivity contribution in [3.63, 3.8) is 0 Å². The van der Waals surface area contributed by atoms with Crippen molar-refractivity contribution in [3.05, 3.63) is 23.9 Å². The van der Waals surface area contributed by atoms with Crippen LogP contribution in [0.2, 0.25) is 0 Å². The third-order valence-electron chi connectivity index (χ3n) is 4.13. The lowest BCUT2D eigenvalue weighted by molar-refractivity contribution is 0.385. The smallest absolute Gasteiger partial charge is 0.128 e. The van der Waals surface area contributed by atoms with Crippen LogP contribution in [0.3, 0.4) is 0 Å². The maximum Gasteiger partial charge on any atom is 0.128 e. The summed E-state index contributed by atoms with van der Waals surface area (Å²) in [5.74, 6) is 1.94. The monoisotopic (exact) mass is 261 g/mol. The molecule has 0 unspecified atom stereocenters. The average Bonchev–Trinajstić information content (AvgIpc) is 2.39. The van der Waals surface area contributed by atoms with Crippen molar-refractivity contribution >= 4 is 5.82 Å². The molecule has 0 amide bonds. The van der Waals surface area contributed by atoms with E-state index in [0.717, 1.165) is 31.4 Å². The quantitative estimate of drug-likeness (QED) is 0.909. The minimum Gasteiger partial charge on any atom is -0.357 e. The molecule has 0 spiro atoms. The minimum absolute atomic E-state index is 0.180. The summed E-state index contributed by atoms with van der Waals surface area (Å²) in [6.07, 6.45) is 5.70. The van der Waals surface area contributed by atoms with Crippen molar-refractivity contribution in [2.75, 3.05) is 24.5 Å². The van der Waals surface area contributed by atoms with Crippen molar-refractivity contribution in [2.45, 2.75) is 45.4 Å². The second kappa shape index (κ2) is 5.91. The summed E-state index contributed by atoms with van der Waals surface area (Å²) < 4.78 is 0. The van der Waals surface area contributed by atoms with Crippen LogP contribution >= 0.6 is 0 Å². The Morgan fingerprint density at radius 1 is 1.26 bits per heavy atom. The van der Waals surface area contributed by atoms with Crippen molar-refractivity contribution in [3.8, 4) is 0 Å². The van der Waals surface area contributed by atoms with Crippen LogP contribution < -0.4 is 10.6 Å². The standard InChI is InChI=1S/C16H27N3/c1-16(2,3)14-4-5-15(18-12-14)19-10-7-13(6-9-17)8-11-19/h4-5,12-13H,6-11,17H2,1-3H3. The first-order valence-electron chi connectivity index (χ1n) is 7.42. The molecule has 2 rings (SSSR count). The zero-order valence-corrected chi connectivity index (χ0v) is 12.5. The number of hydrogen-bond donors (Lipinski definition) is 1. The first-order chi connectivity index (χ1) is 9.00. The Balaban J connectivity index is 1.97. The van der Waals surface area contributed by atoms with Crippen molar-refractivity contribution in [2.24, 2.45) is 11.7 Å². The summed E-state index contributed by atoms with van der Waals surface area (Å²) >= 11 is 0. The lowest BCUT2D eigenvalue weighted by Crippen LogP contribution is -2.34. The molecule has 1 saturated heterocycles. The molecule has 2 heterocycles. The van der Waals surface area contributed by atoms with Gasteiger partial charge in [0.05, 0.1) is 0 Å². The highest BCUT2D eigenvalue weighted by atomic mass is 15.2. The molecule has 0 radical (unpaired) electrons. The fourth-order valence-corrected chi connectivity index (χ4v) is 2.70. The average molecular weight is 261 g/mol. The van der Waals surface area contributed by atoms with Gasteiger partial charge >= 0.3 is 0 Å². The summed E-state index contributed by atoms with van der Waals surface area (Å²) in [6, 6.07) is 4.39. The van der Waals surface area contributed by atoms with Gasteiger partial charge in [0.25, 0.3) is 0 Å². The molecule has 1 aromatic rings. The number of pyridine rings is 1. The van der Waals surface area contributed by atoms with E-state index in [1.165, 1.54) is 24.8 Å². The summed E-state index contributed by atoms with van der Waals surface area (Å²) in [7, 11) is 0. The molecule has 0 aromatic carbocycles. The topological polar surface area (TPSA) is 42.1 Å². The maximum atomic E-state index is 5.64. The van der Waals surface area contributed by atoms with Gasteiger partial charge in [0, 0.05) is 19.3 Å². The number of piperidine rings is 1. The van der Waals surface area contributed by atoms with Crippen LogP contribution in [0.25, 0.3) is 0 Å². The molecule has 0 aliphatic carbocycles. The van der Waals surface area contributed by atoms with Gasteiger partial charge in [-0.2, -0.15) is 0 Å². The molecule has 3 heteroatoms. The van der Waals surface area contributed by atoms with Crippen LogP contribution in [0.5, 0.6) is 0 Å². The summed E-state index contributed by atoms with van der Waals surface area (Å²) in [6.45, 7) is 9.73. The number of anilines is 1. The van der Waals surface area contributed by atoms with Crippen LogP contribution in [0.1, 0.15) is 45.6 Å². The number of aromatic nitrogens is 1. The van der Waals surface area contributed by atoms with Gasteiger partial charge in [-0.1, -0.05) is 26.8 Å². The third-order valence-corrected chi connectivity index (χ3v) is 4.13. The summed E-state index contributed by atoms with van der Waals surface area (Å²) in [5, 5.41) is 0. The fourth-order valence-electron chi connectivity index (χ4n) is 2.70. The van der Waals surface area contributed by atoms with E-state index < -0.39 is 0 Å². The van der Waals surface area contributed by atoms with Crippen LogP contribution in [-0.4, -0.2) is 24.6 Å². The fraction of sp³-hybridized carbons (Fsp3) is 0.688. The molecule has 106 valence electrons. The highest BCUT2D eigenvalue weighted by Gasteiger charge is 2.20. The predicted molar refractivity (Wildman–Crippen MR) is 81.5 cm³/mol. The van der Waals surface area contributed by atoms with Gasteiger partial charge in [0.1, 0.15) is 5.82 Å². The molecule has 0 atom stereocenters. The Morgan fingerprint density at radius 3 is 2.42 bits per heavy atom. The Labute approximate surface area is 117 Å². The summed E-state index contributed by atoms with van der Waals surface area (Å²) in [5.41, 5.74) is 7.12. The third kappa shape index (κ3) is 3.69. The van der Waals surface area contributed by atoms with E-state index in [-0.39, 0.29) is 5.41 Å². The Hall–Kier alpha value is -1.09. The van der Waals surface area contributed by atoms with Crippen molar-refractivity contribution < 1.29 is 0 Å².